The number of ketones is 2. The summed E-state index contributed by atoms with van der Waals surface area (Å²) in [6, 6.07) is 8.02. The van der Waals surface area contributed by atoms with Gasteiger partial charge in [0.05, 0.1) is 0 Å². The Kier molecular flexibility index (Phi) is 5.73. The fraction of sp³-hybridized carbons (Fsp3) is 0.261. The number of carbonyl (C=O) groups is 3. The molecule has 0 aliphatic heterocycles. The second-order valence-corrected chi connectivity index (χ2v) is 7.33. The van der Waals surface area contributed by atoms with Crippen LogP contribution >= 0.6 is 0 Å². The summed E-state index contributed by atoms with van der Waals surface area (Å²) in [7, 11) is 1.62. The van der Waals surface area contributed by atoms with Gasteiger partial charge in [-0.15, -0.1) is 0 Å². The molecule has 0 amide bonds. The van der Waals surface area contributed by atoms with E-state index in [-0.39, 0.29) is 23.1 Å². The van der Waals surface area contributed by atoms with Gasteiger partial charge in [0.25, 0.3) is 0 Å². The van der Waals surface area contributed by atoms with Crippen LogP contribution in [0.4, 0.5) is 4.39 Å². The summed E-state index contributed by atoms with van der Waals surface area (Å²) in [5.74, 6) is -1.54. The Balaban J connectivity index is 1.79. The number of benzene rings is 1. The van der Waals surface area contributed by atoms with Crippen molar-refractivity contribution in [1.82, 2.24) is 9.13 Å². The van der Waals surface area contributed by atoms with E-state index in [0.717, 1.165) is 5.69 Å². The minimum absolute atomic E-state index is 0.166. The Bertz CT molecular complexity index is 1170. The quantitative estimate of drug-likeness (QED) is 0.453. The Labute approximate surface area is 173 Å². The molecule has 0 aliphatic carbocycles. The van der Waals surface area contributed by atoms with Gasteiger partial charge in [0.15, 0.2) is 12.4 Å². The number of hydrogen-bond acceptors (Lipinski definition) is 4. The fourth-order valence-corrected chi connectivity index (χ4v) is 3.41. The molecule has 0 unspecified atom stereocenters. The van der Waals surface area contributed by atoms with Crippen LogP contribution in [0.5, 0.6) is 0 Å². The average molecular weight is 410 g/mol. The molecule has 0 radical (unpaired) electrons. The molecule has 0 aliphatic rings. The highest BCUT2D eigenvalue weighted by molar-refractivity contribution is 6.01. The molecule has 0 bridgehead atoms. The van der Waals surface area contributed by atoms with Gasteiger partial charge in [0.2, 0.25) is 5.78 Å². The summed E-state index contributed by atoms with van der Waals surface area (Å²) in [5.41, 5.74) is 3.53. The molecule has 0 N–H and O–H groups in total. The second-order valence-electron chi connectivity index (χ2n) is 7.33. The molecule has 0 atom stereocenters. The van der Waals surface area contributed by atoms with Gasteiger partial charge in [-0.2, -0.15) is 0 Å². The van der Waals surface area contributed by atoms with E-state index in [1.807, 2.05) is 6.92 Å². The van der Waals surface area contributed by atoms with Gasteiger partial charge in [0, 0.05) is 41.4 Å². The predicted octanol–water partition coefficient (Wildman–Crippen LogP) is 4.12. The Morgan fingerprint density at radius 1 is 1.07 bits per heavy atom. The molecule has 30 heavy (non-hydrogen) atoms. The largest absolute Gasteiger partial charge is 0.453 e. The van der Waals surface area contributed by atoms with E-state index in [1.165, 1.54) is 29.8 Å². The number of halogens is 1. The van der Waals surface area contributed by atoms with Crippen LogP contribution in [0.1, 0.15) is 55.1 Å². The summed E-state index contributed by atoms with van der Waals surface area (Å²) >= 11 is 0. The number of carbonyl (C=O) groups excluding carboxylic acids is 3. The monoisotopic (exact) mass is 410 g/mol. The smallest absolute Gasteiger partial charge is 0.355 e. The maximum Gasteiger partial charge on any atom is 0.355 e. The minimum Gasteiger partial charge on any atom is -0.453 e. The molecule has 3 rings (SSSR count). The lowest BCUT2D eigenvalue weighted by Gasteiger charge is -2.11. The zero-order chi connectivity index (χ0) is 22.2. The number of ether oxygens (including phenoxy) is 1. The van der Waals surface area contributed by atoms with Crippen molar-refractivity contribution in [1.29, 1.82) is 0 Å². The van der Waals surface area contributed by atoms with Crippen LogP contribution in [0, 0.1) is 26.6 Å². The van der Waals surface area contributed by atoms with Gasteiger partial charge in [-0.25, -0.2) is 9.18 Å². The highest BCUT2D eigenvalue weighted by Gasteiger charge is 2.20. The number of aryl methyl sites for hydroxylation is 3. The molecule has 6 nitrogen and oxygen atoms in total. The standard InChI is InChI=1S/C23H23FN2O4/c1-13-6-7-18(10-20(13)24)26-14(2)8-19(15(26)3)22(28)12-30-23(29)21-9-17(16(4)27)11-25(21)5/h6-11H,12H2,1-5H3. The van der Waals surface area contributed by atoms with Gasteiger partial charge < -0.3 is 13.9 Å². The maximum atomic E-state index is 14.0. The summed E-state index contributed by atoms with van der Waals surface area (Å²) in [5, 5.41) is 0. The van der Waals surface area contributed by atoms with E-state index in [9.17, 15) is 18.8 Å². The third kappa shape index (κ3) is 3.96. The molecular formula is C23H23FN2O4. The first-order valence-electron chi connectivity index (χ1n) is 9.43. The van der Waals surface area contributed by atoms with E-state index >= 15 is 0 Å². The van der Waals surface area contributed by atoms with Crippen molar-refractivity contribution in [3.63, 3.8) is 0 Å². The fourth-order valence-electron chi connectivity index (χ4n) is 3.41. The minimum atomic E-state index is -0.687. The molecular weight excluding hydrogens is 387 g/mol. The topological polar surface area (TPSA) is 70.3 Å². The van der Waals surface area contributed by atoms with E-state index < -0.39 is 12.6 Å². The molecule has 0 fully saturated rings. The molecule has 156 valence electrons. The van der Waals surface area contributed by atoms with Crippen molar-refractivity contribution >= 4 is 17.5 Å². The first-order chi connectivity index (χ1) is 14.1. The van der Waals surface area contributed by atoms with E-state index in [2.05, 4.69) is 0 Å². The number of aromatic nitrogens is 2. The number of Topliss-reactive ketones (excluding diaryl/α,β-unsaturated/α-hetero) is 2. The first-order valence-corrected chi connectivity index (χ1v) is 9.43. The number of nitrogens with zero attached hydrogens (tertiary/aromatic N) is 2. The molecule has 2 heterocycles. The number of rotatable bonds is 6. The highest BCUT2D eigenvalue weighted by Crippen LogP contribution is 2.23. The molecule has 0 saturated carbocycles. The predicted molar refractivity (Wildman–Crippen MR) is 110 cm³/mol. The molecule has 3 aromatic rings. The van der Waals surface area contributed by atoms with Crippen LogP contribution in [0.15, 0.2) is 36.5 Å². The highest BCUT2D eigenvalue weighted by atomic mass is 19.1. The summed E-state index contributed by atoms with van der Waals surface area (Å²) in [6.07, 6.45) is 1.54. The second kappa shape index (κ2) is 8.10. The van der Waals surface area contributed by atoms with Gasteiger partial charge in [-0.3, -0.25) is 9.59 Å². The average Bonchev–Trinajstić information content (AvgIpc) is 3.22. The van der Waals surface area contributed by atoms with Crippen molar-refractivity contribution in [3.8, 4) is 5.69 Å². The van der Waals surface area contributed by atoms with Crippen molar-refractivity contribution < 1.29 is 23.5 Å². The van der Waals surface area contributed by atoms with Gasteiger partial charge >= 0.3 is 5.97 Å². The van der Waals surface area contributed by atoms with Crippen LogP contribution in [-0.4, -0.2) is 33.3 Å². The lowest BCUT2D eigenvalue weighted by molar-refractivity contribution is 0.0465. The molecule has 0 saturated heterocycles. The van der Waals surface area contributed by atoms with E-state index in [1.54, 1.807) is 43.7 Å². The van der Waals surface area contributed by atoms with Crippen LogP contribution in [-0.2, 0) is 11.8 Å². The third-order valence-electron chi connectivity index (χ3n) is 5.10. The molecule has 0 spiro atoms. The Morgan fingerprint density at radius 3 is 2.37 bits per heavy atom. The Morgan fingerprint density at radius 2 is 1.77 bits per heavy atom. The first kappa shape index (κ1) is 21.2. The summed E-state index contributed by atoms with van der Waals surface area (Å²) in [6.45, 7) is 6.23. The van der Waals surface area contributed by atoms with Crippen LogP contribution in [0.3, 0.4) is 0 Å². The summed E-state index contributed by atoms with van der Waals surface area (Å²) < 4.78 is 22.4. The van der Waals surface area contributed by atoms with Gasteiger partial charge in [-0.1, -0.05) is 6.07 Å². The van der Waals surface area contributed by atoms with Crippen molar-refractivity contribution in [2.24, 2.45) is 7.05 Å². The normalized spacial score (nSPS) is 10.9. The van der Waals surface area contributed by atoms with E-state index in [4.69, 9.17) is 4.74 Å². The SMILES string of the molecule is CC(=O)c1cc(C(=O)OCC(=O)c2cc(C)n(-c3ccc(C)c(F)c3)c2C)n(C)c1. The van der Waals surface area contributed by atoms with Crippen molar-refractivity contribution in [2.45, 2.75) is 27.7 Å². The Hall–Kier alpha value is -3.48. The lowest BCUT2D eigenvalue weighted by Crippen LogP contribution is -2.16. The van der Waals surface area contributed by atoms with Crippen LogP contribution in [0.25, 0.3) is 5.69 Å². The van der Waals surface area contributed by atoms with Crippen molar-refractivity contribution in [3.05, 3.63) is 76.1 Å². The molecule has 7 heteroatoms. The lowest BCUT2D eigenvalue weighted by atomic mass is 10.1. The van der Waals surface area contributed by atoms with Gasteiger partial charge in [0.1, 0.15) is 11.5 Å². The van der Waals surface area contributed by atoms with E-state index in [0.29, 0.717) is 28.1 Å². The van der Waals surface area contributed by atoms with Crippen molar-refractivity contribution in [2.75, 3.05) is 6.61 Å². The number of hydrogen-bond donors (Lipinski definition) is 0. The molecule has 1 aromatic carbocycles. The molecule has 2 aromatic heterocycles. The number of esters is 1. The van der Waals surface area contributed by atoms with Gasteiger partial charge in [-0.05, 0) is 57.5 Å². The third-order valence-corrected chi connectivity index (χ3v) is 5.10. The maximum absolute atomic E-state index is 14.0. The zero-order valence-electron chi connectivity index (χ0n) is 17.6. The van der Waals surface area contributed by atoms with Crippen LogP contribution < -0.4 is 0 Å². The zero-order valence-corrected chi connectivity index (χ0v) is 17.6. The van der Waals surface area contributed by atoms with Crippen LogP contribution in [0.2, 0.25) is 0 Å². The summed E-state index contributed by atoms with van der Waals surface area (Å²) in [4.78, 5) is 36.5.